The van der Waals surface area contributed by atoms with Crippen molar-refractivity contribution in [3.8, 4) is 0 Å². The Bertz CT molecular complexity index is 258. The van der Waals surface area contributed by atoms with Crippen molar-refractivity contribution < 1.29 is 13.2 Å². The molecule has 0 bridgehead atoms. The molecule has 0 aromatic rings. The number of hydrogen-bond acceptors (Lipinski definition) is 0. The quantitative estimate of drug-likeness (QED) is 0.546. The molecular formula is C10H13F3. The van der Waals surface area contributed by atoms with Crippen LogP contribution in [0.2, 0.25) is 0 Å². The van der Waals surface area contributed by atoms with E-state index in [0.29, 0.717) is 5.57 Å². The van der Waals surface area contributed by atoms with Crippen LogP contribution in [0.15, 0.2) is 23.3 Å². The first-order valence-electron chi connectivity index (χ1n) is 4.30. The zero-order chi connectivity index (χ0) is 10.2. The van der Waals surface area contributed by atoms with Crippen molar-refractivity contribution in [2.24, 2.45) is 11.8 Å². The molecule has 3 heteroatoms. The molecule has 0 saturated carbocycles. The number of allylic oxidation sites excluding steroid dienone is 4. The summed E-state index contributed by atoms with van der Waals surface area (Å²) in [6, 6.07) is 0. The Morgan fingerprint density at radius 2 is 1.77 bits per heavy atom. The highest BCUT2D eigenvalue weighted by molar-refractivity contribution is 5.33. The van der Waals surface area contributed by atoms with E-state index in [9.17, 15) is 13.2 Å². The van der Waals surface area contributed by atoms with Gasteiger partial charge in [0.05, 0.1) is 0 Å². The summed E-state index contributed by atoms with van der Waals surface area (Å²) in [6.07, 6.45) is -0.786. The Morgan fingerprint density at radius 1 is 1.23 bits per heavy atom. The maximum Gasteiger partial charge on any atom is 0.413 e. The van der Waals surface area contributed by atoms with Gasteiger partial charge in [-0.15, -0.1) is 0 Å². The maximum absolute atomic E-state index is 12.5. The zero-order valence-corrected chi connectivity index (χ0v) is 7.94. The Balaban J connectivity index is 3.10. The Kier molecular flexibility index (Phi) is 2.55. The minimum absolute atomic E-state index is 0.0275. The molecule has 2 atom stereocenters. The monoisotopic (exact) mass is 190 g/mol. The van der Waals surface area contributed by atoms with Gasteiger partial charge >= 0.3 is 6.18 Å². The van der Waals surface area contributed by atoms with Gasteiger partial charge in [-0.25, -0.2) is 0 Å². The number of rotatable bonds is 0. The molecule has 74 valence electrons. The van der Waals surface area contributed by atoms with Crippen LogP contribution >= 0.6 is 0 Å². The topological polar surface area (TPSA) is 0 Å². The third-order valence-electron chi connectivity index (χ3n) is 2.62. The molecule has 0 aromatic carbocycles. The molecular weight excluding hydrogens is 177 g/mol. The van der Waals surface area contributed by atoms with Crippen molar-refractivity contribution >= 4 is 0 Å². The summed E-state index contributed by atoms with van der Waals surface area (Å²) in [4.78, 5) is 0. The van der Waals surface area contributed by atoms with Crippen molar-refractivity contribution in [2.45, 2.75) is 26.9 Å². The molecule has 2 unspecified atom stereocenters. The van der Waals surface area contributed by atoms with Crippen LogP contribution in [0.4, 0.5) is 13.2 Å². The predicted octanol–water partition coefficient (Wildman–Crippen LogP) is 3.71. The summed E-state index contributed by atoms with van der Waals surface area (Å²) in [7, 11) is 0. The van der Waals surface area contributed by atoms with Crippen LogP contribution in [-0.2, 0) is 0 Å². The van der Waals surface area contributed by atoms with E-state index < -0.39 is 12.1 Å². The fourth-order valence-electron chi connectivity index (χ4n) is 1.66. The molecule has 1 aliphatic carbocycles. The van der Waals surface area contributed by atoms with Gasteiger partial charge in [-0.2, -0.15) is 13.2 Å². The highest BCUT2D eigenvalue weighted by Gasteiger charge is 2.40. The summed E-state index contributed by atoms with van der Waals surface area (Å²) >= 11 is 0. The molecule has 1 rings (SSSR count). The Labute approximate surface area is 76.1 Å². The van der Waals surface area contributed by atoms with E-state index in [1.165, 1.54) is 6.92 Å². The van der Waals surface area contributed by atoms with Gasteiger partial charge in [0, 0.05) is 5.57 Å². The average molecular weight is 190 g/mol. The second kappa shape index (κ2) is 3.20. The van der Waals surface area contributed by atoms with E-state index in [1.807, 2.05) is 6.08 Å². The SMILES string of the molecule is CC1=C(C(F)(F)F)C(C)C(C)C=C1. The first kappa shape index (κ1) is 10.4. The third-order valence-corrected chi connectivity index (χ3v) is 2.62. The standard InChI is InChI=1S/C10H13F3/c1-6-4-5-7(2)9(8(6)3)10(11,12)13/h4-6,8H,1-3H3. The number of alkyl halides is 3. The lowest BCUT2D eigenvalue weighted by atomic mass is 9.81. The van der Waals surface area contributed by atoms with Crippen LogP contribution in [0.1, 0.15) is 20.8 Å². The van der Waals surface area contributed by atoms with E-state index >= 15 is 0 Å². The van der Waals surface area contributed by atoms with Crippen molar-refractivity contribution in [3.05, 3.63) is 23.3 Å². The molecule has 0 N–H and O–H groups in total. The Morgan fingerprint density at radius 3 is 2.15 bits per heavy atom. The lowest BCUT2D eigenvalue weighted by molar-refractivity contribution is -0.101. The summed E-state index contributed by atoms with van der Waals surface area (Å²) in [5, 5.41) is 0. The second-order valence-electron chi connectivity index (χ2n) is 3.60. The fourth-order valence-corrected chi connectivity index (χ4v) is 1.66. The molecule has 0 aliphatic heterocycles. The van der Waals surface area contributed by atoms with E-state index in [0.717, 1.165) is 0 Å². The summed E-state index contributed by atoms with van der Waals surface area (Å²) in [5.74, 6) is -0.453. The molecule has 0 radical (unpaired) electrons. The van der Waals surface area contributed by atoms with Crippen LogP contribution in [0.3, 0.4) is 0 Å². The van der Waals surface area contributed by atoms with Crippen LogP contribution in [-0.4, -0.2) is 6.18 Å². The van der Waals surface area contributed by atoms with Crippen LogP contribution in [0.5, 0.6) is 0 Å². The van der Waals surface area contributed by atoms with Gasteiger partial charge < -0.3 is 0 Å². The molecule has 0 heterocycles. The summed E-state index contributed by atoms with van der Waals surface area (Å²) < 4.78 is 37.6. The second-order valence-corrected chi connectivity index (χ2v) is 3.60. The lowest BCUT2D eigenvalue weighted by Gasteiger charge is -2.27. The molecule has 13 heavy (non-hydrogen) atoms. The summed E-state index contributed by atoms with van der Waals surface area (Å²) in [6.45, 7) is 4.95. The van der Waals surface area contributed by atoms with E-state index in [1.54, 1.807) is 19.9 Å². The van der Waals surface area contributed by atoms with Gasteiger partial charge in [0.1, 0.15) is 0 Å². The first-order valence-corrected chi connectivity index (χ1v) is 4.30. The number of halogens is 3. The predicted molar refractivity (Wildman–Crippen MR) is 46.2 cm³/mol. The van der Waals surface area contributed by atoms with Gasteiger partial charge in [0.2, 0.25) is 0 Å². The van der Waals surface area contributed by atoms with Crippen molar-refractivity contribution in [2.75, 3.05) is 0 Å². The molecule has 0 nitrogen and oxygen atoms in total. The van der Waals surface area contributed by atoms with E-state index in [2.05, 4.69) is 0 Å². The molecule has 0 amide bonds. The maximum atomic E-state index is 12.5. The largest absolute Gasteiger partial charge is 0.413 e. The van der Waals surface area contributed by atoms with Crippen molar-refractivity contribution in [1.82, 2.24) is 0 Å². The van der Waals surface area contributed by atoms with Crippen molar-refractivity contribution in [3.63, 3.8) is 0 Å². The molecule has 0 spiro atoms. The van der Waals surface area contributed by atoms with Gasteiger partial charge in [-0.1, -0.05) is 26.0 Å². The smallest absolute Gasteiger partial charge is 0.166 e. The third kappa shape index (κ3) is 1.95. The van der Waals surface area contributed by atoms with Gasteiger partial charge in [-0.05, 0) is 24.3 Å². The zero-order valence-electron chi connectivity index (χ0n) is 7.94. The minimum atomic E-state index is -4.18. The molecule has 0 fully saturated rings. The average Bonchev–Trinajstić information content (AvgIpc) is 1.95. The van der Waals surface area contributed by atoms with Crippen LogP contribution < -0.4 is 0 Å². The molecule has 1 aliphatic rings. The highest BCUT2D eigenvalue weighted by atomic mass is 19.4. The van der Waals surface area contributed by atoms with E-state index in [4.69, 9.17) is 0 Å². The Hall–Kier alpha value is -0.730. The van der Waals surface area contributed by atoms with Gasteiger partial charge in [0.25, 0.3) is 0 Å². The fraction of sp³-hybridized carbons (Fsp3) is 0.600. The van der Waals surface area contributed by atoms with Gasteiger partial charge in [-0.3, -0.25) is 0 Å². The van der Waals surface area contributed by atoms with Crippen LogP contribution in [0, 0.1) is 11.8 Å². The lowest BCUT2D eigenvalue weighted by Crippen LogP contribution is -2.25. The number of hydrogen-bond donors (Lipinski definition) is 0. The first-order chi connectivity index (χ1) is 5.84. The van der Waals surface area contributed by atoms with Gasteiger partial charge in [0.15, 0.2) is 0 Å². The van der Waals surface area contributed by atoms with E-state index in [-0.39, 0.29) is 11.5 Å². The minimum Gasteiger partial charge on any atom is -0.166 e. The van der Waals surface area contributed by atoms with Crippen LogP contribution in [0.25, 0.3) is 0 Å². The normalized spacial score (nSPS) is 29.7. The molecule has 0 aromatic heterocycles. The van der Waals surface area contributed by atoms with Crippen molar-refractivity contribution in [1.29, 1.82) is 0 Å². The molecule has 0 saturated heterocycles. The highest BCUT2D eigenvalue weighted by Crippen LogP contribution is 2.40. The summed E-state index contributed by atoms with van der Waals surface area (Å²) in [5.41, 5.74) is -0.0272.